The van der Waals surface area contributed by atoms with Crippen LogP contribution in [0.3, 0.4) is 0 Å². The molecule has 1 unspecified atom stereocenters. The molecule has 176 valence electrons. The Labute approximate surface area is 192 Å². The standard InChI is InChI=1S/C30H56/c1-4-6-8-10-12-14-15-16-17-18-19-20-21-23-25-27-29-30(3)28-26-24-22-13-11-9-7-5-2/h30H,1-2,4-12,14-21,23-29H2,3H3. The Balaban J connectivity index is 3.17. The first kappa shape index (κ1) is 29.6. The SMILES string of the molecule is [CH2]CCCCC#CCCCC(C)CCCCCCCCCCCCCCCCC[CH2]. The minimum atomic E-state index is 0.890. The van der Waals surface area contributed by atoms with Crippen molar-refractivity contribution in [2.45, 2.75) is 161 Å². The summed E-state index contributed by atoms with van der Waals surface area (Å²) in [5.74, 6) is 7.56. The van der Waals surface area contributed by atoms with Crippen LogP contribution in [0.4, 0.5) is 0 Å². The van der Waals surface area contributed by atoms with Crippen LogP contribution in [0, 0.1) is 31.6 Å². The molecule has 0 N–H and O–H groups in total. The van der Waals surface area contributed by atoms with Gasteiger partial charge in [-0.2, -0.15) is 0 Å². The Morgan fingerprint density at radius 2 is 0.767 bits per heavy atom. The summed E-state index contributed by atoms with van der Waals surface area (Å²) in [7, 11) is 0. The van der Waals surface area contributed by atoms with E-state index in [-0.39, 0.29) is 0 Å². The third-order valence-electron chi connectivity index (χ3n) is 6.37. The van der Waals surface area contributed by atoms with Crippen LogP contribution in [-0.4, -0.2) is 0 Å². The largest absolute Gasteiger partial charge is 0.103 e. The molecule has 0 rings (SSSR count). The van der Waals surface area contributed by atoms with Gasteiger partial charge in [0.2, 0.25) is 0 Å². The Bertz CT molecular complexity index is 358. The molecule has 0 heterocycles. The predicted octanol–water partition coefficient (Wildman–Crippen LogP) is 10.7. The van der Waals surface area contributed by atoms with E-state index in [0.29, 0.717) is 0 Å². The maximum Gasteiger partial charge on any atom is 0.00887 e. The van der Waals surface area contributed by atoms with Gasteiger partial charge in [-0.3, -0.25) is 0 Å². The van der Waals surface area contributed by atoms with Gasteiger partial charge in [-0.15, -0.1) is 11.8 Å². The zero-order chi connectivity index (χ0) is 22.0. The van der Waals surface area contributed by atoms with Crippen LogP contribution in [0.15, 0.2) is 0 Å². The van der Waals surface area contributed by atoms with E-state index >= 15 is 0 Å². The normalized spacial score (nSPS) is 12.0. The van der Waals surface area contributed by atoms with E-state index in [9.17, 15) is 0 Å². The quantitative estimate of drug-likeness (QED) is 0.115. The monoisotopic (exact) mass is 416 g/mol. The maximum absolute atomic E-state index is 3.91. The van der Waals surface area contributed by atoms with Crippen LogP contribution < -0.4 is 0 Å². The Kier molecular flexibility index (Phi) is 26.2. The lowest BCUT2D eigenvalue weighted by Gasteiger charge is -2.10. The van der Waals surface area contributed by atoms with Crippen LogP contribution in [0.25, 0.3) is 0 Å². The minimum Gasteiger partial charge on any atom is -0.103 e. The van der Waals surface area contributed by atoms with Gasteiger partial charge in [-0.05, 0) is 25.2 Å². The van der Waals surface area contributed by atoms with Gasteiger partial charge in [0.25, 0.3) is 0 Å². The Morgan fingerprint density at radius 3 is 1.23 bits per heavy atom. The van der Waals surface area contributed by atoms with Gasteiger partial charge in [0.15, 0.2) is 0 Å². The molecule has 0 nitrogen and oxygen atoms in total. The molecule has 0 aliphatic carbocycles. The molecule has 0 aromatic rings. The molecule has 0 saturated carbocycles. The summed E-state index contributed by atoms with van der Waals surface area (Å²) >= 11 is 0. The topological polar surface area (TPSA) is 0 Å². The Hall–Kier alpha value is -0.440. The Morgan fingerprint density at radius 1 is 0.433 bits per heavy atom. The summed E-state index contributed by atoms with van der Waals surface area (Å²) in [6, 6.07) is 0. The van der Waals surface area contributed by atoms with Gasteiger partial charge in [0, 0.05) is 12.8 Å². The highest BCUT2D eigenvalue weighted by atomic mass is 14.1. The van der Waals surface area contributed by atoms with E-state index in [0.717, 1.165) is 31.6 Å². The second kappa shape index (κ2) is 26.6. The first-order valence-electron chi connectivity index (χ1n) is 13.9. The molecule has 2 radical (unpaired) electrons. The second-order valence-electron chi connectivity index (χ2n) is 9.61. The van der Waals surface area contributed by atoms with Crippen molar-refractivity contribution in [2.24, 2.45) is 5.92 Å². The van der Waals surface area contributed by atoms with Crippen molar-refractivity contribution in [1.29, 1.82) is 0 Å². The van der Waals surface area contributed by atoms with Crippen LogP contribution in [0.2, 0.25) is 0 Å². The van der Waals surface area contributed by atoms with Gasteiger partial charge >= 0.3 is 0 Å². The lowest BCUT2D eigenvalue weighted by molar-refractivity contribution is 0.445. The first-order chi connectivity index (χ1) is 14.8. The van der Waals surface area contributed by atoms with Gasteiger partial charge in [-0.1, -0.05) is 143 Å². The van der Waals surface area contributed by atoms with Crippen LogP contribution in [0.1, 0.15) is 161 Å². The predicted molar refractivity (Wildman–Crippen MR) is 138 cm³/mol. The smallest absolute Gasteiger partial charge is 0.00887 e. The fourth-order valence-electron chi connectivity index (χ4n) is 4.22. The molecule has 0 saturated heterocycles. The van der Waals surface area contributed by atoms with Gasteiger partial charge in [0.05, 0.1) is 0 Å². The van der Waals surface area contributed by atoms with E-state index in [1.165, 1.54) is 128 Å². The lowest BCUT2D eigenvalue weighted by Crippen LogP contribution is -1.94. The van der Waals surface area contributed by atoms with Gasteiger partial charge in [-0.25, -0.2) is 0 Å². The van der Waals surface area contributed by atoms with Crippen LogP contribution in [-0.2, 0) is 0 Å². The van der Waals surface area contributed by atoms with E-state index < -0.39 is 0 Å². The lowest BCUT2D eigenvalue weighted by atomic mass is 9.96. The van der Waals surface area contributed by atoms with E-state index in [1.807, 2.05) is 0 Å². The third-order valence-corrected chi connectivity index (χ3v) is 6.37. The van der Waals surface area contributed by atoms with Crippen molar-refractivity contribution in [3.63, 3.8) is 0 Å². The average Bonchev–Trinajstić information content (AvgIpc) is 2.75. The highest BCUT2D eigenvalue weighted by Gasteiger charge is 2.01. The molecule has 0 aromatic carbocycles. The van der Waals surface area contributed by atoms with Crippen molar-refractivity contribution in [3.8, 4) is 11.8 Å². The molecular weight excluding hydrogens is 360 g/mol. The molecule has 30 heavy (non-hydrogen) atoms. The summed E-state index contributed by atoms with van der Waals surface area (Å²) in [4.78, 5) is 0. The summed E-state index contributed by atoms with van der Waals surface area (Å²) in [6.07, 6.45) is 32.6. The fraction of sp³-hybridized carbons (Fsp3) is 0.867. The van der Waals surface area contributed by atoms with Crippen LogP contribution in [0.5, 0.6) is 0 Å². The van der Waals surface area contributed by atoms with Gasteiger partial charge in [0.1, 0.15) is 0 Å². The van der Waals surface area contributed by atoms with E-state index in [4.69, 9.17) is 0 Å². The zero-order valence-electron chi connectivity index (χ0n) is 21.0. The van der Waals surface area contributed by atoms with Crippen molar-refractivity contribution in [3.05, 3.63) is 13.8 Å². The number of hydrogen-bond donors (Lipinski definition) is 0. The molecular formula is C30H56. The minimum absolute atomic E-state index is 0.890. The molecule has 0 amide bonds. The molecule has 0 spiro atoms. The average molecular weight is 417 g/mol. The molecule has 0 heteroatoms. The number of rotatable bonds is 23. The van der Waals surface area contributed by atoms with Gasteiger partial charge < -0.3 is 0 Å². The second-order valence-corrected chi connectivity index (χ2v) is 9.61. The number of unbranched alkanes of at least 4 members (excludes halogenated alkanes) is 19. The van der Waals surface area contributed by atoms with Crippen molar-refractivity contribution < 1.29 is 0 Å². The first-order valence-corrected chi connectivity index (χ1v) is 13.9. The van der Waals surface area contributed by atoms with Crippen molar-refractivity contribution >= 4 is 0 Å². The molecule has 0 aliphatic rings. The van der Waals surface area contributed by atoms with Crippen LogP contribution >= 0.6 is 0 Å². The highest BCUT2D eigenvalue weighted by Crippen LogP contribution is 2.18. The summed E-state index contributed by atoms with van der Waals surface area (Å²) < 4.78 is 0. The molecule has 0 aliphatic heterocycles. The molecule has 0 bridgehead atoms. The third kappa shape index (κ3) is 25.6. The van der Waals surface area contributed by atoms with Crippen molar-refractivity contribution in [2.75, 3.05) is 0 Å². The summed E-state index contributed by atoms with van der Waals surface area (Å²) in [6.45, 7) is 10.2. The fourth-order valence-corrected chi connectivity index (χ4v) is 4.22. The van der Waals surface area contributed by atoms with Crippen molar-refractivity contribution in [1.82, 2.24) is 0 Å². The van der Waals surface area contributed by atoms with E-state index in [1.54, 1.807) is 0 Å². The van der Waals surface area contributed by atoms with E-state index in [2.05, 4.69) is 32.6 Å². The summed E-state index contributed by atoms with van der Waals surface area (Å²) in [5, 5.41) is 0. The molecule has 0 fully saturated rings. The number of hydrogen-bond acceptors (Lipinski definition) is 0. The molecule has 1 atom stereocenters. The molecule has 0 aromatic heterocycles. The highest BCUT2D eigenvalue weighted by molar-refractivity contribution is 4.98. The zero-order valence-corrected chi connectivity index (χ0v) is 21.0. The maximum atomic E-state index is 3.91. The summed E-state index contributed by atoms with van der Waals surface area (Å²) in [5.41, 5.74) is 0.